The van der Waals surface area contributed by atoms with Crippen LogP contribution in [0.3, 0.4) is 0 Å². The number of carbonyl (C=O) groups excluding carboxylic acids is 4. The number of benzene rings is 4. The van der Waals surface area contributed by atoms with E-state index < -0.39 is 29.1 Å². The van der Waals surface area contributed by atoms with Gasteiger partial charge in [-0.3, -0.25) is 19.2 Å². The van der Waals surface area contributed by atoms with Crippen molar-refractivity contribution >= 4 is 35.0 Å². The maximum absolute atomic E-state index is 13.4. The molecule has 7 rings (SSSR count). The van der Waals surface area contributed by atoms with E-state index in [0.717, 1.165) is 17.5 Å². The third-order valence-electron chi connectivity index (χ3n) is 10.9. The fourth-order valence-corrected chi connectivity index (χ4v) is 7.66. The first kappa shape index (κ1) is 38.2. The lowest BCUT2D eigenvalue weighted by atomic mass is 9.94. The van der Waals surface area contributed by atoms with E-state index in [9.17, 15) is 29.4 Å². The van der Waals surface area contributed by atoms with Crippen molar-refractivity contribution in [2.45, 2.75) is 69.2 Å². The number of nitrogens with one attached hydrogen (secondary N) is 2. The molecule has 3 heterocycles. The molecule has 0 saturated carbocycles. The number of hydrogen-bond donors (Lipinski definition) is 4. The molecule has 288 valence electrons. The zero-order valence-electron chi connectivity index (χ0n) is 31.5. The summed E-state index contributed by atoms with van der Waals surface area (Å²) in [6, 6.07) is 34.9. The maximum Gasteiger partial charge on any atom is 0.259 e. The van der Waals surface area contributed by atoms with Gasteiger partial charge in [0.15, 0.2) is 11.2 Å². The predicted molar refractivity (Wildman–Crippen MR) is 213 cm³/mol. The van der Waals surface area contributed by atoms with Crippen molar-refractivity contribution < 1.29 is 33.8 Å². The molecule has 11 nitrogen and oxygen atoms in total. The number of nitrogens with zero attached hydrogens (tertiary/aromatic N) is 2. The van der Waals surface area contributed by atoms with Crippen molar-refractivity contribution in [2.24, 2.45) is 0 Å². The molecule has 0 radical (unpaired) electrons. The second-order valence-electron chi connectivity index (χ2n) is 14.9. The van der Waals surface area contributed by atoms with E-state index in [4.69, 9.17) is 4.42 Å². The van der Waals surface area contributed by atoms with Gasteiger partial charge in [0.05, 0.1) is 0 Å². The van der Waals surface area contributed by atoms with Crippen LogP contribution in [-0.4, -0.2) is 68.8 Å². The van der Waals surface area contributed by atoms with Crippen molar-refractivity contribution in [2.75, 3.05) is 23.7 Å². The summed E-state index contributed by atoms with van der Waals surface area (Å²) in [7, 11) is 0. The Morgan fingerprint density at radius 1 is 0.625 bits per heavy atom. The topological polar surface area (TPSA) is 152 Å². The maximum atomic E-state index is 13.4. The van der Waals surface area contributed by atoms with Crippen molar-refractivity contribution in [3.8, 4) is 22.6 Å². The molecule has 2 saturated heterocycles. The normalized spacial score (nSPS) is 18.9. The highest BCUT2D eigenvalue weighted by molar-refractivity contribution is 5.99. The SMILES string of the molecule is CC(O)(C(=O)N1CCC[C@H]1C(=O)Nc1ccc(-c2ccc(-c3ccc(NC(=O)C[C@@H]4CCCN4C(=O)[C@@](C)(O)c4ccccc4)cc3)o2)cc1)c1ccccc1. The van der Waals surface area contributed by atoms with E-state index in [1.165, 1.54) is 18.7 Å². The number of anilines is 2. The summed E-state index contributed by atoms with van der Waals surface area (Å²) in [6.07, 6.45) is 2.74. The Bertz CT molecular complexity index is 2180. The van der Waals surface area contributed by atoms with Gasteiger partial charge >= 0.3 is 0 Å². The molecule has 2 aliphatic rings. The smallest absolute Gasteiger partial charge is 0.259 e. The van der Waals surface area contributed by atoms with Crippen LogP contribution in [0.4, 0.5) is 11.4 Å². The van der Waals surface area contributed by atoms with Gasteiger partial charge in [0.25, 0.3) is 11.8 Å². The highest BCUT2D eigenvalue weighted by atomic mass is 16.3. The third-order valence-corrected chi connectivity index (χ3v) is 10.9. The fraction of sp³-hybridized carbons (Fsp3) is 0.289. The molecule has 4 aromatic carbocycles. The molecule has 0 spiro atoms. The molecule has 2 aliphatic heterocycles. The molecule has 4 amide bonds. The number of aliphatic hydroxyl groups is 2. The van der Waals surface area contributed by atoms with Gasteiger partial charge in [-0.05, 0) is 111 Å². The third kappa shape index (κ3) is 8.00. The van der Waals surface area contributed by atoms with E-state index in [1.807, 2.05) is 48.5 Å². The molecule has 1 unspecified atom stereocenters. The second kappa shape index (κ2) is 16.0. The molecule has 56 heavy (non-hydrogen) atoms. The van der Waals surface area contributed by atoms with E-state index >= 15 is 0 Å². The zero-order valence-corrected chi connectivity index (χ0v) is 31.5. The first-order valence-corrected chi connectivity index (χ1v) is 19.0. The van der Waals surface area contributed by atoms with Crippen LogP contribution >= 0.6 is 0 Å². The van der Waals surface area contributed by atoms with Crippen LogP contribution in [0.5, 0.6) is 0 Å². The van der Waals surface area contributed by atoms with Crippen molar-refractivity contribution in [3.63, 3.8) is 0 Å². The molecule has 4 N–H and O–H groups in total. The van der Waals surface area contributed by atoms with Crippen LogP contribution in [0.15, 0.2) is 126 Å². The van der Waals surface area contributed by atoms with E-state index in [1.54, 1.807) is 77.7 Å². The number of furan rings is 1. The van der Waals surface area contributed by atoms with Crippen molar-refractivity contribution in [1.29, 1.82) is 0 Å². The number of amides is 4. The van der Waals surface area contributed by atoms with Crippen molar-refractivity contribution in [1.82, 2.24) is 9.80 Å². The van der Waals surface area contributed by atoms with Crippen LogP contribution in [0.1, 0.15) is 57.1 Å². The number of rotatable bonds is 11. The molecule has 0 aliphatic carbocycles. The molecule has 11 heteroatoms. The van der Waals surface area contributed by atoms with Gasteiger partial charge < -0.3 is 35.1 Å². The first-order valence-electron chi connectivity index (χ1n) is 19.0. The average Bonchev–Trinajstić information content (AvgIpc) is 4.01. The Morgan fingerprint density at radius 2 is 1.09 bits per heavy atom. The minimum atomic E-state index is -1.75. The summed E-state index contributed by atoms with van der Waals surface area (Å²) >= 11 is 0. The lowest BCUT2D eigenvalue weighted by molar-refractivity contribution is -0.153. The van der Waals surface area contributed by atoms with E-state index in [-0.39, 0.29) is 24.3 Å². The lowest BCUT2D eigenvalue weighted by Gasteiger charge is -2.32. The largest absolute Gasteiger partial charge is 0.456 e. The minimum Gasteiger partial charge on any atom is -0.456 e. The second-order valence-corrected chi connectivity index (χ2v) is 14.9. The molecule has 0 bridgehead atoms. The summed E-state index contributed by atoms with van der Waals surface area (Å²) in [4.78, 5) is 56.3. The summed E-state index contributed by atoms with van der Waals surface area (Å²) in [5.74, 6) is -0.157. The number of carbonyl (C=O) groups is 4. The molecular weight excluding hydrogens is 709 g/mol. The monoisotopic (exact) mass is 754 g/mol. The van der Waals surface area contributed by atoms with Crippen LogP contribution in [0.25, 0.3) is 22.6 Å². The van der Waals surface area contributed by atoms with Gasteiger partial charge in [0.2, 0.25) is 11.8 Å². The highest BCUT2D eigenvalue weighted by Gasteiger charge is 2.43. The first-order chi connectivity index (χ1) is 26.9. The average molecular weight is 755 g/mol. The standard InChI is InChI=1S/C45H46N4O7/c1-44(54,32-11-5-3-6-12-32)42(52)48-27-9-15-36(48)29-40(50)46-34-21-17-30(18-22-34)38-25-26-39(56-38)31-19-23-35(24-20-31)47-41(51)37-16-10-28-49(37)43(53)45(2,55)33-13-7-4-8-14-33/h3-8,11-14,17-26,36-37,54-55H,9-10,15-16,27-29H2,1-2H3,(H,46,50)(H,47,51)/t36-,37-,44-,45?/m0/s1. The molecule has 1 aromatic heterocycles. The van der Waals surface area contributed by atoms with Gasteiger partial charge in [-0.25, -0.2) is 0 Å². The Morgan fingerprint density at radius 3 is 1.62 bits per heavy atom. The van der Waals surface area contributed by atoms with E-state index in [0.29, 0.717) is 66.4 Å². The summed E-state index contributed by atoms with van der Waals surface area (Å²) in [6.45, 7) is 3.84. The zero-order chi connectivity index (χ0) is 39.5. The Labute approximate surface area is 326 Å². The Kier molecular flexibility index (Phi) is 10.9. The number of hydrogen-bond acceptors (Lipinski definition) is 7. The lowest BCUT2D eigenvalue weighted by Crippen LogP contribution is -2.50. The number of likely N-dealkylation sites (tertiary alicyclic amines) is 2. The predicted octanol–water partition coefficient (Wildman–Crippen LogP) is 6.68. The van der Waals surface area contributed by atoms with Gasteiger partial charge in [0, 0.05) is 48.1 Å². The highest BCUT2D eigenvalue weighted by Crippen LogP contribution is 2.33. The molecule has 2 fully saturated rings. The van der Waals surface area contributed by atoms with Crippen LogP contribution in [0, 0.1) is 0 Å². The van der Waals surface area contributed by atoms with Crippen LogP contribution in [-0.2, 0) is 30.4 Å². The minimum absolute atomic E-state index is 0.124. The quantitative estimate of drug-likeness (QED) is 0.117. The van der Waals surface area contributed by atoms with Crippen LogP contribution in [0.2, 0.25) is 0 Å². The van der Waals surface area contributed by atoms with Gasteiger partial charge in [-0.2, -0.15) is 0 Å². The van der Waals surface area contributed by atoms with Crippen molar-refractivity contribution in [3.05, 3.63) is 132 Å². The summed E-state index contributed by atoms with van der Waals surface area (Å²) < 4.78 is 6.17. The van der Waals surface area contributed by atoms with Gasteiger partial charge in [0.1, 0.15) is 17.6 Å². The summed E-state index contributed by atoms with van der Waals surface area (Å²) in [5.41, 5.74) is 0.368. The Balaban J connectivity index is 0.926. The summed E-state index contributed by atoms with van der Waals surface area (Å²) in [5, 5.41) is 28.1. The van der Waals surface area contributed by atoms with E-state index in [2.05, 4.69) is 10.6 Å². The fourth-order valence-electron chi connectivity index (χ4n) is 7.66. The molecule has 4 atom stereocenters. The van der Waals surface area contributed by atoms with Gasteiger partial charge in [-0.1, -0.05) is 60.7 Å². The van der Waals surface area contributed by atoms with Crippen LogP contribution < -0.4 is 10.6 Å². The Hall–Kier alpha value is -6.04. The molecule has 5 aromatic rings. The van der Waals surface area contributed by atoms with Gasteiger partial charge in [-0.15, -0.1) is 0 Å². The molecular formula is C45H46N4O7.